The number of likely N-dealkylation sites (N-methyl/N-ethyl adjacent to an activating group) is 1. The van der Waals surface area contributed by atoms with Gasteiger partial charge in [0.25, 0.3) is 17.7 Å². The first kappa shape index (κ1) is 63.0. The van der Waals surface area contributed by atoms with Gasteiger partial charge in [-0.05, 0) is 89.4 Å². The van der Waals surface area contributed by atoms with Gasteiger partial charge in [-0.15, -0.1) is 11.3 Å². The van der Waals surface area contributed by atoms with Gasteiger partial charge in [-0.2, -0.15) is 0 Å². The first-order valence-electron chi connectivity index (χ1n) is 27.0. The van der Waals surface area contributed by atoms with Gasteiger partial charge in [0.15, 0.2) is 17.3 Å². The molecule has 0 aliphatic carbocycles. The van der Waals surface area contributed by atoms with Crippen molar-refractivity contribution in [2.45, 2.75) is 155 Å². The van der Waals surface area contributed by atoms with E-state index in [-0.39, 0.29) is 111 Å². The number of amides is 6. The Morgan fingerprint density at radius 3 is 2.25 bits per heavy atom. The number of nitrogens with one attached hydrogen (secondary N) is 3. The van der Waals surface area contributed by atoms with Crippen molar-refractivity contribution in [1.29, 1.82) is 0 Å². The lowest BCUT2D eigenvalue weighted by Crippen LogP contribution is -2.50. The Bertz CT molecular complexity index is 2270. The second-order valence-electron chi connectivity index (χ2n) is 20.7. The van der Waals surface area contributed by atoms with Gasteiger partial charge in [0.1, 0.15) is 23.5 Å². The molecule has 1 aromatic carbocycles. The van der Waals surface area contributed by atoms with Crippen LogP contribution in [0.4, 0.5) is 0 Å². The zero-order valence-electron chi connectivity index (χ0n) is 46.0. The number of ketones is 3. The number of methoxy groups -OCH3 is 2. The number of hydrogen-bond donors (Lipinski definition) is 4. The molecular weight excluding hydrogens is 993 g/mol. The number of likely N-dealkylation sites (tertiary alicyclic amines) is 1. The third-order valence-corrected chi connectivity index (χ3v) is 15.7. The van der Waals surface area contributed by atoms with Gasteiger partial charge in [-0.1, -0.05) is 70.9 Å². The monoisotopic (exact) mass is 1080 g/mol. The van der Waals surface area contributed by atoms with E-state index in [1.165, 1.54) is 18.4 Å². The standard InChI is InChI=1S/C56H84N8O11S/c1-9-37(4)41(32-48(67)44-21-14-16-28-62(44)6)56(73)64(35-74-7)45(36(2)3)33-49(75-8)55-61-43(34-76-55)54(72)59-38(5)47(66)31-40(30-39-18-11-10-12-19-39)53(71)60-42(20-13-15-26-57)46(65)22-17-27-58-50(68)25-29-63-51(69)23-24-52(63)70/h10-12,18-19,23-24,34,36-38,40-42,44-45,49H,9,13-17,20-22,25-33,35,57H2,1-8H3,(H,58,68)(H,59,72)(H,60,71)/t37-,38-,40+,41-,42-,44+,45+,49+/m0/s1. The van der Waals surface area contributed by atoms with Crippen LogP contribution in [0, 0.1) is 23.7 Å². The smallest absolute Gasteiger partial charge is 0.271 e. The summed E-state index contributed by atoms with van der Waals surface area (Å²) in [6.07, 6.45) is 7.38. The van der Waals surface area contributed by atoms with Crippen LogP contribution >= 0.6 is 11.3 Å². The lowest BCUT2D eigenvalue weighted by molar-refractivity contribution is -0.150. The Balaban J connectivity index is 1.41. The Kier molecular flexibility index (Phi) is 26.7. The molecule has 1 fully saturated rings. The zero-order valence-corrected chi connectivity index (χ0v) is 46.8. The molecule has 4 rings (SSSR count). The predicted molar refractivity (Wildman–Crippen MR) is 289 cm³/mol. The van der Waals surface area contributed by atoms with Crippen LogP contribution in [0.25, 0.3) is 0 Å². The second-order valence-corrected chi connectivity index (χ2v) is 21.5. The molecule has 8 atom stereocenters. The van der Waals surface area contributed by atoms with Crippen LogP contribution in [0.5, 0.6) is 0 Å². The number of rotatable bonds is 35. The van der Waals surface area contributed by atoms with Gasteiger partial charge in [0.2, 0.25) is 17.7 Å². The maximum atomic E-state index is 14.7. The summed E-state index contributed by atoms with van der Waals surface area (Å²) in [7, 11) is 5.06. The topological polar surface area (TPSA) is 257 Å². The van der Waals surface area contributed by atoms with Crippen LogP contribution in [0.2, 0.25) is 0 Å². The Morgan fingerprint density at radius 2 is 1.62 bits per heavy atom. The molecule has 0 unspecified atom stereocenters. The molecule has 2 aliphatic rings. The summed E-state index contributed by atoms with van der Waals surface area (Å²) in [6.45, 7) is 11.0. The molecule has 6 amide bonds. The first-order valence-corrected chi connectivity index (χ1v) is 27.9. The number of hydrogen-bond acceptors (Lipinski definition) is 15. The van der Waals surface area contributed by atoms with Crippen LogP contribution in [0.15, 0.2) is 47.9 Å². The third kappa shape index (κ3) is 19.2. The van der Waals surface area contributed by atoms with E-state index in [0.717, 1.165) is 54.8 Å². The number of nitrogens with zero attached hydrogens (tertiary/aromatic N) is 4. The van der Waals surface area contributed by atoms with Gasteiger partial charge in [0, 0.05) is 94.8 Å². The number of piperidine rings is 1. The van der Waals surface area contributed by atoms with Gasteiger partial charge in [0.05, 0.1) is 18.1 Å². The third-order valence-electron chi connectivity index (χ3n) is 14.7. The molecule has 1 aromatic heterocycles. The molecule has 0 spiro atoms. The van der Waals surface area contributed by atoms with Crippen LogP contribution in [0.3, 0.4) is 0 Å². The van der Waals surface area contributed by atoms with Crippen molar-refractivity contribution in [2.24, 2.45) is 29.4 Å². The number of Topliss-reactive ketones (excluding diaryl/α,β-unsaturated/α-hetero) is 3. The number of carbonyl (C=O) groups excluding carboxylic acids is 9. The van der Waals surface area contributed by atoms with Crippen molar-refractivity contribution in [3.05, 3.63) is 64.1 Å². The van der Waals surface area contributed by atoms with E-state index in [1.807, 2.05) is 65.1 Å². The number of benzene rings is 1. The molecular formula is C56H84N8O11S. The number of imide groups is 1. The fourth-order valence-electron chi connectivity index (χ4n) is 9.78. The minimum absolute atomic E-state index is 0.0146. The Labute approximate surface area is 453 Å². The second kappa shape index (κ2) is 32.3. The summed E-state index contributed by atoms with van der Waals surface area (Å²) in [4.78, 5) is 129. The highest BCUT2D eigenvalue weighted by molar-refractivity contribution is 7.09. The summed E-state index contributed by atoms with van der Waals surface area (Å²) < 4.78 is 11.6. The Morgan fingerprint density at radius 1 is 0.908 bits per heavy atom. The summed E-state index contributed by atoms with van der Waals surface area (Å²) in [6, 6.07) is 6.71. The molecule has 19 nitrogen and oxygen atoms in total. The van der Waals surface area contributed by atoms with Crippen LogP contribution in [-0.4, -0.2) is 151 Å². The molecule has 0 bridgehead atoms. The maximum Gasteiger partial charge on any atom is 0.271 e. The lowest BCUT2D eigenvalue weighted by Gasteiger charge is -2.39. The summed E-state index contributed by atoms with van der Waals surface area (Å²) in [5.41, 5.74) is 6.63. The highest BCUT2D eigenvalue weighted by Gasteiger charge is 2.39. The Hall–Kier alpha value is -5.54. The first-order chi connectivity index (χ1) is 36.3. The molecule has 0 saturated carbocycles. The minimum atomic E-state index is -1.02. The molecule has 76 heavy (non-hydrogen) atoms. The van der Waals surface area contributed by atoms with E-state index in [4.69, 9.17) is 15.2 Å². The molecule has 20 heteroatoms. The number of unbranched alkanes of at least 4 members (excludes halogenated alkanes) is 1. The fraction of sp³-hybridized carbons (Fsp3) is 0.643. The SMILES string of the molecule is CC[C@H](C)[C@H](CC(=O)[C@H]1CCCCN1C)C(=O)N(COC)[C@H](C[C@@H](OC)c1nc(C(=O)N[C@@H](C)C(=O)C[C@@H](Cc2ccccc2)C(=O)N[C@@H](CCCCN)C(=O)CCCNC(=O)CCN2C(=O)C=CC2=O)cs1)C(C)C. The average Bonchev–Trinajstić information content (AvgIpc) is 4.03. The lowest BCUT2D eigenvalue weighted by atomic mass is 9.82. The molecule has 2 aliphatic heterocycles. The van der Waals surface area contributed by atoms with Crippen molar-refractivity contribution in [3.63, 3.8) is 0 Å². The number of thiazole rings is 1. The predicted octanol–water partition coefficient (Wildman–Crippen LogP) is 5.11. The van der Waals surface area contributed by atoms with E-state index in [2.05, 4.69) is 25.8 Å². The highest BCUT2D eigenvalue weighted by Crippen LogP contribution is 2.33. The van der Waals surface area contributed by atoms with Crippen molar-refractivity contribution in [3.8, 4) is 0 Å². The summed E-state index contributed by atoms with van der Waals surface area (Å²) in [5, 5.41) is 10.5. The van der Waals surface area contributed by atoms with Crippen LogP contribution in [0.1, 0.15) is 145 Å². The fourth-order valence-corrected chi connectivity index (χ4v) is 10.7. The molecule has 5 N–H and O–H groups in total. The number of ether oxygens (including phenoxy) is 2. The normalized spacial score (nSPS) is 17.6. The maximum absolute atomic E-state index is 14.7. The molecule has 0 radical (unpaired) electrons. The van der Waals surface area contributed by atoms with Gasteiger partial charge >= 0.3 is 0 Å². The van der Waals surface area contributed by atoms with E-state index in [1.54, 1.807) is 24.3 Å². The highest BCUT2D eigenvalue weighted by atomic mass is 32.1. The van der Waals surface area contributed by atoms with E-state index in [9.17, 15) is 43.2 Å². The van der Waals surface area contributed by atoms with Crippen molar-refractivity contribution in [2.75, 3.05) is 54.2 Å². The molecule has 2 aromatic rings. The van der Waals surface area contributed by atoms with Crippen molar-refractivity contribution < 1.29 is 52.6 Å². The summed E-state index contributed by atoms with van der Waals surface area (Å²) in [5.74, 6) is -4.66. The largest absolute Gasteiger partial charge is 0.374 e. The number of nitrogens with two attached hydrogens (primary N) is 1. The van der Waals surface area contributed by atoms with Crippen LogP contribution < -0.4 is 21.7 Å². The number of aromatic nitrogens is 1. The van der Waals surface area contributed by atoms with E-state index in [0.29, 0.717) is 37.2 Å². The average molecular weight is 1080 g/mol. The quantitative estimate of drug-likeness (QED) is 0.0398. The molecule has 1 saturated heterocycles. The number of carbonyl (C=O) groups is 9. The van der Waals surface area contributed by atoms with Gasteiger partial charge < -0.3 is 36.1 Å². The molecule has 420 valence electrons. The van der Waals surface area contributed by atoms with Crippen LogP contribution in [-0.2, 0) is 54.3 Å². The minimum Gasteiger partial charge on any atom is -0.374 e. The van der Waals surface area contributed by atoms with Gasteiger partial charge in [-0.25, -0.2) is 4.98 Å². The van der Waals surface area contributed by atoms with E-state index < -0.39 is 59.4 Å². The van der Waals surface area contributed by atoms with Crippen molar-refractivity contribution >= 4 is 64.1 Å². The van der Waals surface area contributed by atoms with E-state index >= 15 is 0 Å². The zero-order chi connectivity index (χ0) is 55.9. The van der Waals surface area contributed by atoms with Gasteiger partial charge in [-0.3, -0.25) is 53.0 Å². The van der Waals surface area contributed by atoms with Crippen molar-refractivity contribution in [1.82, 2.24) is 35.6 Å². The summed E-state index contributed by atoms with van der Waals surface area (Å²) >= 11 is 1.22. The molecule has 3 heterocycles.